The SMILES string of the molecule is COc1ccc(-c2n[nH]c(C)c2-c2ccnc(N)n2)cc1. The molecule has 106 valence electrons. The molecule has 0 fully saturated rings. The van der Waals surface area contributed by atoms with Crippen LogP contribution in [0, 0.1) is 6.92 Å². The lowest BCUT2D eigenvalue weighted by molar-refractivity contribution is 0.415. The van der Waals surface area contributed by atoms with Crippen LogP contribution in [0.25, 0.3) is 22.5 Å². The van der Waals surface area contributed by atoms with Crippen LogP contribution in [0.2, 0.25) is 0 Å². The lowest BCUT2D eigenvalue weighted by Crippen LogP contribution is -1.96. The van der Waals surface area contributed by atoms with Crippen molar-refractivity contribution in [1.82, 2.24) is 20.2 Å². The number of aromatic nitrogens is 4. The Kier molecular flexibility index (Phi) is 3.27. The van der Waals surface area contributed by atoms with Crippen LogP contribution in [0.4, 0.5) is 5.95 Å². The van der Waals surface area contributed by atoms with E-state index in [-0.39, 0.29) is 5.95 Å². The zero-order valence-electron chi connectivity index (χ0n) is 11.8. The van der Waals surface area contributed by atoms with Gasteiger partial charge in [0.15, 0.2) is 0 Å². The predicted molar refractivity (Wildman–Crippen MR) is 80.8 cm³/mol. The second-order valence-corrected chi connectivity index (χ2v) is 4.60. The topological polar surface area (TPSA) is 89.7 Å². The number of rotatable bonds is 3. The number of aromatic amines is 1. The molecule has 0 saturated heterocycles. The van der Waals surface area contributed by atoms with Crippen molar-refractivity contribution in [3.05, 3.63) is 42.2 Å². The van der Waals surface area contributed by atoms with Crippen LogP contribution < -0.4 is 10.5 Å². The van der Waals surface area contributed by atoms with Crippen molar-refractivity contribution in [3.63, 3.8) is 0 Å². The summed E-state index contributed by atoms with van der Waals surface area (Å²) in [6, 6.07) is 9.54. The van der Waals surface area contributed by atoms with Crippen LogP contribution in [-0.4, -0.2) is 27.3 Å². The molecule has 6 nitrogen and oxygen atoms in total. The summed E-state index contributed by atoms with van der Waals surface area (Å²) < 4.78 is 5.18. The minimum atomic E-state index is 0.244. The quantitative estimate of drug-likeness (QED) is 0.769. The van der Waals surface area contributed by atoms with E-state index in [1.165, 1.54) is 0 Å². The van der Waals surface area contributed by atoms with Crippen molar-refractivity contribution in [1.29, 1.82) is 0 Å². The molecule has 0 aliphatic heterocycles. The molecule has 2 aromatic heterocycles. The van der Waals surface area contributed by atoms with Gasteiger partial charge in [0.05, 0.1) is 12.8 Å². The molecule has 0 spiro atoms. The van der Waals surface area contributed by atoms with Gasteiger partial charge >= 0.3 is 0 Å². The number of nitrogens with two attached hydrogens (primary N) is 1. The maximum Gasteiger partial charge on any atom is 0.220 e. The Balaban J connectivity index is 2.12. The molecule has 3 N–H and O–H groups in total. The molecule has 3 aromatic rings. The third-order valence-electron chi connectivity index (χ3n) is 3.24. The second kappa shape index (κ2) is 5.24. The molecule has 1 aromatic carbocycles. The summed E-state index contributed by atoms with van der Waals surface area (Å²) in [5.41, 5.74) is 10.1. The van der Waals surface area contributed by atoms with E-state index >= 15 is 0 Å². The van der Waals surface area contributed by atoms with Crippen LogP contribution in [0.5, 0.6) is 5.75 Å². The maximum absolute atomic E-state index is 5.67. The molecule has 21 heavy (non-hydrogen) atoms. The molecule has 0 bridgehead atoms. The van der Waals surface area contributed by atoms with E-state index in [0.717, 1.165) is 34.0 Å². The van der Waals surface area contributed by atoms with Gasteiger partial charge < -0.3 is 10.5 Å². The van der Waals surface area contributed by atoms with Crippen LogP contribution in [0.15, 0.2) is 36.5 Å². The number of hydrogen-bond acceptors (Lipinski definition) is 5. The number of nitrogens with one attached hydrogen (secondary N) is 1. The van der Waals surface area contributed by atoms with Crippen LogP contribution in [-0.2, 0) is 0 Å². The number of hydrogen-bond donors (Lipinski definition) is 2. The third-order valence-corrected chi connectivity index (χ3v) is 3.24. The number of H-pyrrole nitrogens is 1. The van der Waals surface area contributed by atoms with Gasteiger partial charge in [0.1, 0.15) is 11.4 Å². The minimum absolute atomic E-state index is 0.244. The van der Waals surface area contributed by atoms with Gasteiger partial charge in [0, 0.05) is 23.0 Å². The molecule has 0 atom stereocenters. The van der Waals surface area contributed by atoms with Gasteiger partial charge in [-0.05, 0) is 37.3 Å². The number of anilines is 1. The van der Waals surface area contributed by atoms with Crippen molar-refractivity contribution in [3.8, 4) is 28.3 Å². The second-order valence-electron chi connectivity index (χ2n) is 4.60. The largest absolute Gasteiger partial charge is 0.497 e. The zero-order valence-corrected chi connectivity index (χ0v) is 11.8. The summed E-state index contributed by atoms with van der Waals surface area (Å²) in [7, 11) is 1.64. The first-order valence-electron chi connectivity index (χ1n) is 6.47. The van der Waals surface area contributed by atoms with E-state index in [1.54, 1.807) is 13.3 Å². The summed E-state index contributed by atoms with van der Waals surface area (Å²) in [4.78, 5) is 8.20. The van der Waals surface area contributed by atoms with Crippen molar-refractivity contribution in [2.24, 2.45) is 0 Å². The first kappa shape index (κ1) is 13.1. The molecule has 6 heteroatoms. The highest BCUT2D eigenvalue weighted by molar-refractivity contribution is 5.81. The fourth-order valence-electron chi connectivity index (χ4n) is 2.21. The molecule has 0 aliphatic rings. The zero-order chi connectivity index (χ0) is 14.8. The number of methoxy groups -OCH3 is 1. The maximum atomic E-state index is 5.67. The van der Waals surface area contributed by atoms with Gasteiger partial charge in [0.2, 0.25) is 5.95 Å². The molecule has 2 heterocycles. The van der Waals surface area contributed by atoms with E-state index in [2.05, 4.69) is 20.2 Å². The van der Waals surface area contributed by atoms with Gasteiger partial charge in [-0.3, -0.25) is 5.10 Å². The summed E-state index contributed by atoms with van der Waals surface area (Å²) >= 11 is 0. The smallest absolute Gasteiger partial charge is 0.220 e. The minimum Gasteiger partial charge on any atom is -0.497 e. The van der Waals surface area contributed by atoms with E-state index in [4.69, 9.17) is 10.5 Å². The molecule has 0 radical (unpaired) electrons. The Bertz CT molecular complexity index is 764. The Morgan fingerprint density at radius 1 is 1.14 bits per heavy atom. The standard InChI is InChI=1S/C15H15N5O/c1-9-13(12-7-8-17-15(16)18-12)14(20-19-9)10-3-5-11(21-2)6-4-10/h3-8H,1-2H3,(H,19,20)(H2,16,17,18). The number of nitrogens with zero attached hydrogens (tertiary/aromatic N) is 3. The first-order valence-corrected chi connectivity index (χ1v) is 6.47. The van der Waals surface area contributed by atoms with E-state index in [1.807, 2.05) is 37.3 Å². The molecule has 0 unspecified atom stereocenters. The van der Waals surface area contributed by atoms with Crippen molar-refractivity contribution < 1.29 is 4.74 Å². The van der Waals surface area contributed by atoms with Crippen molar-refractivity contribution in [2.75, 3.05) is 12.8 Å². The molecule has 0 aliphatic carbocycles. The van der Waals surface area contributed by atoms with Gasteiger partial charge in [0.25, 0.3) is 0 Å². The summed E-state index contributed by atoms with van der Waals surface area (Å²) in [6.07, 6.45) is 1.64. The van der Waals surface area contributed by atoms with Crippen LogP contribution in [0.3, 0.4) is 0 Å². The number of aryl methyl sites for hydroxylation is 1. The normalized spacial score (nSPS) is 10.6. The van der Waals surface area contributed by atoms with Gasteiger partial charge in [-0.1, -0.05) is 0 Å². The van der Waals surface area contributed by atoms with Crippen LogP contribution >= 0.6 is 0 Å². The molecule has 0 amide bonds. The van der Waals surface area contributed by atoms with Gasteiger partial charge in [-0.25, -0.2) is 9.97 Å². The highest BCUT2D eigenvalue weighted by Crippen LogP contribution is 2.32. The average Bonchev–Trinajstić information content (AvgIpc) is 2.89. The predicted octanol–water partition coefficient (Wildman–Crippen LogP) is 2.43. The monoisotopic (exact) mass is 281 g/mol. The Hall–Kier alpha value is -2.89. The fraction of sp³-hybridized carbons (Fsp3) is 0.133. The Morgan fingerprint density at radius 2 is 1.90 bits per heavy atom. The Labute approximate surface area is 122 Å². The van der Waals surface area contributed by atoms with Crippen LogP contribution in [0.1, 0.15) is 5.69 Å². The summed E-state index contributed by atoms with van der Waals surface area (Å²) in [5, 5.41) is 7.38. The highest BCUT2D eigenvalue weighted by atomic mass is 16.5. The number of benzene rings is 1. The third kappa shape index (κ3) is 2.43. The molecular formula is C15H15N5O. The summed E-state index contributed by atoms with van der Waals surface area (Å²) in [5.74, 6) is 1.05. The van der Waals surface area contributed by atoms with E-state index < -0.39 is 0 Å². The van der Waals surface area contributed by atoms with Crippen molar-refractivity contribution >= 4 is 5.95 Å². The highest BCUT2D eigenvalue weighted by Gasteiger charge is 2.15. The van der Waals surface area contributed by atoms with E-state index in [9.17, 15) is 0 Å². The molecule has 3 rings (SSSR count). The lowest BCUT2D eigenvalue weighted by atomic mass is 10.0. The lowest BCUT2D eigenvalue weighted by Gasteiger charge is -2.05. The summed E-state index contributed by atoms with van der Waals surface area (Å²) in [6.45, 7) is 1.95. The van der Waals surface area contributed by atoms with E-state index in [0.29, 0.717) is 0 Å². The first-order chi connectivity index (χ1) is 10.2. The van der Waals surface area contributed by atoms with Gasteiger partial charge in [-0.15, -0.1) is 0 Å². The average molecular weight is 281 g/mol. The number of nitrogen functional groups attached to an aromatic ring is 1. The van der Waals surface area contributed by atoms with Gasteiger partial charge in [-0.2, -0.15) is 5.10 Å². The fourth-order valence-corrected chi connectivity index (χ4v) is 2.21. The van der Waals surface area contributed by atoms with Crippen molar-refractivity contribution in [2.45, 2.75) is 6.92 Å². The number of ether oxygens (including phenoxy) is 1. The molecule has 0 saturated carbocycles. The molecular weight excluding hydrogens is 266 g/mol. The Morgan fingerprint density at radius 3 is 2.57 bits per heavy atom.